The van der Waals surface area contributed by atoms with Crippen LogP contribution in [0.1, 0.15) is 80.7 Å². The van der Waals surface area contributed by atoms with E-state index in [1.807, 2.05) is 109 Å². The number of phenolic OH excluding ortho intramolecular Hbond substituents is 1. The Morgan fingerprint density at radius 2 is 1.62 bits per heavy atom. The van der Waals surface area contributed by atoms with Crippen LogP contribution in [-0.2, 0) is 61.7 Å². The van der Waals surface area contributed by atoms with E-state index in [1.54, 1.807) is 42.9 Å². The summed E-state index contributed by atoms with van der Waals surface area (Å²) in [5.74, 6) is -3.19. The second-order valence-electron chi connectivity index (χ2n) is 18.9. The largest absolute Gasteiger partial charge is 0.508 e. The zero-order chi connectivity index (χ0) is 46.2. The van der Waals surface area contributed by atoms with Gasteiger partial charge in [-0.05, 0) is 69.2 Å². The molecule has 8 unspecified atom stereocenters. The van der Waals surface area contributed by atoms with Gasteiger partial charge in [0.15, 0.2) is 6.04 Å². The first-order valence-electron chi connectivity index (χ1n) is 22.9. The molecule has 1 aliphatic carbocycles. The highest BCUT2D eigenvalue weighted by atomic mass is 16.8. The second kappa shape index (κ2) is 18.4. The molecule has 66 heavy (non-hydrogen) atoms. The van der Waals surface area contributed by atoms with Gasteiger partial charge in [0.25, 0.3) is 0 Å². The SMILES string of the molecule is CC(C)(C)OC(=O)CCC(CO)NC(=O)C1CCCN1C(=O)C12CC3OC(=O)C1N(Cc1cccc(C=CCc4ccccc4O)c1)OC2C1OC(c2ccccc2)(c2ccccc2)OC31. The predicted octanol–water partition coefficient (Wildman–Crippen LogP) is 5.72. The highest BCUT2D eigenvalue weighted by molar-refractivity contribution is 5.96. The third kappa shape index (κ3) is 8.64. The molecule has 4 aromatic carbocycles. The van der Waals surface area contributed by atoms with Crippen LogP contribution in [0.2, 0.25) is 0 Å². The average molecular weight is 900 g/mol. The molecule has 2 bridgehead atoms. The summed E-state index contributed by atoms with van der Waals surface area (Å²) < 4.78 is 25.9. The van der Waals surface area contributed by atoms with Crippen LogP contribution in [0.25, 0.3) is 6.08 Å². The highest BCUT2D eigenvalue weighted by Crippen LogP contribution is 2.60. The summed E-state index contributed by atoms with van der Waals surface area (Å²) in [5.41, 5.74) is 1.68. The lowest BCUT2D eigenvalue weighted by molar-refractivity contribution is -0.214. The number of hydroxylamine groups is 2. The number of nitrogens with one attached hydrogen (secondary N) is 1. The van der Waals surface area contributed by atoms with E-state index in [1.165, 1.54) is 0 Å². The Hall–Kier alpha value is -5.90. The van der Waals surface area contributed by atoms with Crippen molar-refractivity contribution in [2.24, 2.45) is 5.41 Å². The van der Waals surface area contributed by atoms with Crippen molar-refractivity contribution in [3.8, 4) is 5.75 Å². The van der Waals surface area contributed by atoms with Crippen molar-refractivity contribution < 1.29 is 53.2 Å². The van der Waals surface area contributed by atoms with Crippen LogP contribution in [0.4, 0.5) is 0 Å². The number of aliphatic hydroxyl groups excluding tert-OH is 1. The van der Waals surface area contributed by atoms with Crippen LogP contribution in [0.5, 0.6) is 5.75 Å². The molecule has 5 fully saturated rings. The third-order valence-corrected chi connectivity index (χ3v) is 13.3. The molecular weight excluding hydrogens is 843 g/mol. The first-order chi connectivity index (χ1) is 31.8. The van der Waals surface area contributed by atoms with Crippen LogP contribution in [0, 0.1) is 5.41 Å². The summed E-state index contributed by atoms with van der Waals surface area (Å²) in [6, 6.07) is 31.1. The van der Waals surface area contributed by atoms with Gasteiger partial charge in [0.2, 0.25) is 17.6 Å². The van der Waals surface area contributed by atoms with E-state index in [9.17, 15) is 24.6 Å². The molecule has 4 saturated heterocycles. The van der Waals surface area contributed by atoms with Gasteiger partial charge in [0, 0.05) is 30.5 Å². The number of nitrogens with zero attached hydrogens (tertiary/aromatic N) is 2. The van der Waals surface area contributed by atoms with Crippen LogP contribution in [-0.4, -0.2) is 105 Å². The number of carbonyl (C=O) groups is 4. The van der Waals surface area contributed by atoms with Crippen LogP contribution in [0.3, 0.4) is 0 Å². The molecule has 0 spiro atoms. The van der Waals surface area contributed by atoms with E-state index in [4.69, 9.17) is 23.8 Å². The molecule has 8 atom stereocenters. The number of amides is 2. The van der Waals surface area contributed by atoms with Crippen LogP contribution in [0.15, 0.2) is 115 Å². The minimum absolute atomic E-state index is 0.0191. The summed E-state index contributed by atoms with van der Waals surface area (Å²) in [7, 11) is 0. The zero-order valence-electron chi connectivity index (χ0n) is 37.4. The summed E-state index contributed by atoms with van der Waals surface area (Å²) in [6.07, 6.45) is 1.85. The standard InChI is InChI=1S/C52H57N3O11/c1-50(2,3)63-42(58)27-26-38(32-56)53-47(59)39-24-14-28-54(39)49(61)51-30-41-43-44(65-52(64-43,36-20-6-4-7-21-36)37-22-8-5-9-23-37)46(51)66-55(45(51)48(60)62-41)31-34-17-12-15-33(29-34)16-13-19-35-18-10-11-25-40(35)57/h4-13,15-18,20-23,25,29,38-39,41,43-46,56-57H,14,19,24,26-28,30-32H2,1-3H3,(H,53,59). The average Bonchev–Trinajstić information content (AvgIpc) is 4.05. The lowest BCUT2D eigenvalue weighted by Crippen LogP contribution is -2.70. The Morgan fingerprint density at radius 1 is 0.924 bits per heavy atom. The van der Waals surface area contributed by atoms with Gasteiger partial charge in [-0.25, -0.2) is 0 Å². The maximum Gasteiger partial charge on any atom is 0.327 e. The first-order valence-corrected chi connectivity index (χ1v) is 22.9. The monoisotopic (exact) mass is 899 g/mol. The molecule has 0 aromatic heterocycles. The van der Waals surface area contributed by atoms with Crippen molar-refractivity contribution >= 4 is 29.8 Å². The molecule has 0 radical (unpaired) electrons. The molecule has 4 aromatic rings. The lowest BCUT2D eigenvalue weighted by Gasteiger charge is -2.50. The van der Waals surface area contributed by atoms with E-state index in [2.05, 4.69) is 5.32 Å². The highest BCUT2D eigenvalue weighted by Gasteiger charge is 2.77. The van der Waals surface area contributed by atoms with Crippen LogP contribution >= 0.6 is 0 Å². The van der Waals surface area contributed by atoms with Gasteiger partial charge in [0.05, 0.1) is 19.2 Å². The minimum Gasteiger partial charge on any atom is -0.508 e. The number of para-hydroxylation sites is 1. The molecular formula is C52H57N3O11. The molecule has 5 aliphatic rings. The van der Waals surface area contributed by atoms with Crippen LogP contribution < -0.4 is 5.32 Å². The number of benzene rings is 4. The van der Waals surface area contributed by atoms with Crippen molar-refractivity contribution in [2.75, 3.05) is 13.2 Å². The van der Waals surface area contributed by atoms with E-state index in [0.29, 0.717) is 30.4 Å². The molecule has 4 heterocycles. The predicted molar refractivity (Wildman–Crippen MR) is 241 cm³/mol. The topological polar surface area (TPSA) is 173 Å². The Labute approximate surface area is 384 Å². The van der Waals surface area contributed by atoms with E-state index in [0.717, 1.165) is 16.7 Å². The molecule has 9 rings (SSSR count). The Bertz CT molecular complexity index is 2420. The van der Waals surface area contributed by atoms with Gasteiger partial charge in [-0.2, -0.15) is 5.06 Å². The number of hydrogen-bond acceptors (Lipinski definition) is 12. The molecule has 4 aliphatic heterocycles. The quantitative estimate of drug-likeness (QED) is 0.132. The Morgan fingerprint density at radius 3 is 2.32 bits per heavy atom. The third-order valence-electron chi connectivity index (χ3n) is 13.3. The van der Waals surface area contributed by atoms with Gasteiger partial charge < -0.3 is 39.4 Å². The summed E-state index contributed by atoms with van der Waals surface area (Å²) in [6.45, 7) is 5.25. The maximum atomic E-state index is 15.8. The molecule has 2 amide bonds. The maximum absolute atomic E-state index is 15.8. The van der Waals surface area contributed by atoms with E-state index in [-0.39, 0.29) is 38.1 Å². The fourth-order valence-electron chi connectivity index (χ4n) is 10.4. The van der Waals surface area contributed by atoms with Gasteiger partial charge in [0.1, 0.15) is 47.2 Å². The number of aliphatic hydroxyl groups is 1. The van der Waals surface area contributed by atoms with Gasteiger partial charge in [-0.15, -0.1) is 0 Å². The molecule has 14 nitrogen and oxygen atoms in total. The molecule has 14 heteroatoms. The number of esters is 2. The normalized spacial score (nSPS) is 27.0. The fraction of sp³-hybridized carbons (Fsp3) is 0.423. The van der Waals surface area contributed by atoms with Gasteiger partial charge in [-0.1, -0.05) is 115 Å². The zero-order valence-corrected chi connectivity index (χ0v) is 37.4. The Kier molecular flexibility index (Phi) is 12.6. The summed E-state index contributed by atoms with van der Waals surface area (Å²) in [4.78, 5) is 65.6. The van der Waals surface area contributed by atoms with E-state index >= 15 is 4.79 Å². The first kappa shape index (κ1) is 45.3. The van der Waals surface area contributed by atoms with Gasteiger partial charge in [-0.3, -0.25) is 24.0 Å². The molecule has 3 N–H and O–H groups in total. The number of allylic oxidation sites excluding steroid dienone is 1. The number of carbonyl (C=O) groups excluding carboxylic acids is 4. The lowest BCUT2D eigenvalue weighted by atomic mass is 9.62. The van der Waals surface area contributed by atoms with Crippen molar-refractivity contribution in [1.82, 2.24) is 15.3 Å². The van der Waals surface area contributed by atoms with E-state index < -0.39 is 89.7 Å². The number of phenols is 1. The van der Waals surface area contributed by atoms with Gasteiger partial charge >= 0.3 is 11.9 Å². The van der Waals surface area contributed by atoms with Crippen molar-refractivity contribution in [3.05, 3.63) is 143 Å². The van der Waals surface area contributed by atoms with Crippen molar-refractivity contribution in [2.45, 2.75) is 120 Å². The smallest absolute Gasteiger partial charge is 0.327 e. The number of rotatable bonds is 14. The second-order valence-corrected chi connectivity index (χ2v) is 18.9. The number of hydrogen-bond donors (Lipinski definition) is 3. The molecule has 346 valence electrons. The van der Waals surface area contributed by atoms with Crippen molar-refractivity contribution in [3.63, 3.8) is 0 Å². The summed E-state index contributed by atoms with van der Waals surface area (Å²) in [5, 5.41) is 25.0. The number of fused-ring (bicyclic) bond motifs is 4. The Balaban J connectivity index is 1.04. The fourth-order valence-corrected chi connectivity index (χ4v) is 10.4. The number of aromatic hydroxyl groups is 1. The summed E-state index contributed by atoms with van der Waals surface area (Å²) >= 11 is 0. The number of ether oxygens (including phenoxy) is 4. The molecule has 1 saturated carbocycles. The minimum atomic E-state index is -1.56. The number of likely N-dealkylation sites (tertiary alicyclic amines) is 1. The van der Waals surface area contributed by atoms with Crippen molar-refractivity contribution in [1.29, 1.82) is 0 Å².